The predicted octanol–water partition coefficient (Wildman–Crippen LogP) is 2.00. The lowest BCUT2D eigenvalue weighted by atomic mass is 10.4. The highest BCUT2D eigenvalue weighted by Crippen LogP contribution is 2.60. The van der Waals surface area contributed by atoms with Gasteiger partial charge >= 0.3 is 0 Å². The molecule has 0 N–H and O–H groups in total. The monoisotopic (exact) mass is 294 g/mol. The summed E-state index contributed by atoms with van der Waals surface area (Å²) in [6.07, 6.45) is 12.8. The van der Waals surface area contributed by atoms with E-state index in [4.69, 9.17) is 0 Å². The van der Waals surface area contributed by atoms with Crippen molar-refractivity contribution < 1.29 is 17.2 Å². The van der Waals surface area contributed by atoms with Gasteiger partial charge in [0.1, 0.15) is 6.16 Å². The maximum absolute atomic E-state index is 11.6. The molecule has 0 aromatic heterocycles. The number of halogens is 1. The van der Waals surface area contributed by atoms with Crippen molar-refractivity contribution in [2.75, 3.05) is 24.6 Å². The highest BCUT2D eigenvalue weighted by atomic mass is 35.5. The molecule has 0 atom stereocenters. The second-order valence-electron chi connectivity index (χ2n) is 5.43. The van der Waals surface area contributed by atoms with Crippen molar-refractivity contribution in [3.63, 3.8) is 0 Å². The number of rotatable bonds is 11. The Morgan fingerprint density at radius 3 is 1.39 bits per heavy atom. The third kappa shape index (κ3) is 9.34. The van der Waals surface area contributed by atoms with Gasteiger partial charge in [-0.2, -0.15) is 0 Å². The first-order valence-electron chi connectivity index (χ1n) is 7.44. The van der Waals surface area contributed by atoms with Gasteiger partial charge in [0.15, 0.2) is 5.78 Å². The molecule has 0 saturated heterocycles. The molecule has 18 heavy (non-hydrogen) atoms. The first kappa shape index (κ1) is 20.7. The van der Waals surface area contributed by atoms with Gasteiger partial charge in [0, 0.05) is 7.26 Å². The summed E-state index contributed by atoms with van der Waals surface area (Å²) in [4.78, 5) is 11.6. The Kier molecular flexibility index (Phi) is 14.3. The van der Waals surface area contributed by atoms with Crippen LogP contribution in [0.4, 0.5) is 0 Å². The fourth-order valence-corrected chi connectivity index (χ4v) is 7.58. The molecule has 0 aromatic carbocycles. The smallest absolute Gasteiger partial charge is 0.166 e. The third-order valence-electron chi connectivity index (χ3n) is 3.52. The molecule has 0 bridgehead atoms. The summed E-state index contributed by atoms with van der Waals surface area (Å²) >= 11 is 0. The van der Waals surface area contributed by atoms with Crippen LogP contribution in [0.3, 0.4) is 0 Å². The summed E-state index contributed by atoms with van der Waals surface area (Å²) in [6, 6.07) is 0. The van der Waals surface area contributed by atoms with Gasteiger partial charge < -0.3 is 12.4 Å². The van der Waals surface area contributed by atoms with E-state index in [9.17, 15) is 4.79 Å². The van der Waals surface area contributed by atoms with Crippen molar-refractivity contribution in [1.29, 1.82) is 0 Å². The van der Waals surface area contributed by atoms with Gasteiger partial charge in [-0.3, -0.25) is 4.79 Å². The van der Waals surface area contributed by atoms with Crippen LogP contribution < -0.4 is 12.4 Å². The summed E-state index contributed by atoms with van der Waals surface area (Å²) in [5, 5.41) is 0. The molecule has 0 saturated carbocycles. The second-order valence-corrected chi connectivity index (χ2v) is 9.77. The van der Waals surface area contributed by atoms with E-state index >= 15 is 0 Å². The number of Topliss-reactive ketones (excluding diaryl/α,β-unsaturated/α-hetero) is 1. The van der Waals surface area contributed by atoms with Crippen molar-refractivity contribution >= 4 is 13.0 Å². The normalized spacial score (nSPS) is 11.1. The number of hydrogen-bond donors (Lipinski definition) is 0. The van der Waals surface area contributed by atoms with Gasteiger partial charge in [-0.05, 0) is 26.2 Å². The largest absolute Gasteiger partial charge is 1.00 e. The van der Waals surface area contributed by atoms with Crippen molar-refractivity contribution in [2.45, 2.75) is 66.2 Å². The quantitative estimate of drug-likeness (QED) is 0.533. The van der Waals surface area contributed by atoms with Crippen LogP contribution >= 0.6 is 7.26 Å². The van der Waals surface area contributed by atoms with E-state index in [1.807, 2.05) is 0 Å². The molecule has 0 aromatic rings. The first-order valence-corrected chi connectivity index (χ1v) is 9.97. The van der Waals surface area contributed by atoms with Crippen molar-refractivity contribution in [3.05, 3.63) is 0 Å². The second kappa shape index (κ2) is 12.4. The molecule has 1 nitrogen and oxygen atoms in total. The Balaban J connectivity index is 0. The Morgan fingerprint density at radius 2 is 1.17 bits per heavy atom. The SMILES string of the molecule is CCCC[P+](CCCC)(CCCC)CC(C)=O.[Cl-]. The van der Waals surface area contributed by atoms with Crippen LogP contribution in [0.15, 0.2) is 0 Å². The van der Waals surface area contributed by atoms with Gasteiger partial charge in [-0.25, -0.2) is 0 Å². The van der Waals surface area contributed by atoms with Crippen molar-refractivity contribution in [2.24, 2.45) is 0 Å². The van der Waals surface area contributed by atoms with Crippen molar-refractivity contribution in [3.8, 4) is 0 Å². The first-order chi connectivity index (χ1) is 8.10. The Hall–Kier alpha value is 0.390. The van der Waals surface area contributed by atoms with Crippen molar-refractivity contribution in [1.82, 2.24) is 0 Å². The number of carbonyl (C=O) groups excluding carboxylic acids is 1. The van der Waals surface area contributed by atoms with Gasteiger partial charge in [0.25, 0.3) is 0 Å². The average Bonchev–Trinajstić information content (AvgIpc) is 2.30. The van der Waals surface area contributed by atoms with Gasteiger partial charge in [-0.1, -0.05) is 40.0 Å². The Bertz CT molecular complexity index is 185. The molecular weight excluding hydrogens is 263 g/mol. The minimum atomic E-state index is -0.951. The van der Waals surface area contributed by atoms with E-state index in [0.29, 0.717) is 5.78 Å². The third-order valence-corrected chi connectivity index (χ3v) is 8.43. The lowest BCUT2D eigenvalue weighted by Crippen LogP contribution is -3.00. The van der Waals surface area contributed by atoms with Crippen LogP contribution in [0, 0.1) is 0 Å². The van der Waals surface area contributed by atoms with Crippen LogP contribution in [-0.4, -0.2) is 30.4 Å². The number of hydrogen-bond acceptors (Lipinski definition) is 1. The topological polar surface area (TPSA) is 17.1 Å². The molecule has 0 aliphatic rings. The molecule has 110 valence electrons. The van der Waals surface area contributed by atoms with E-state index in [1.54, 1.807) is 6.92 Å². The molecule has 0 heterocycles. The molecule has 0 aliphatic carbocycles. The van der Waals surface area contributed by atoms with Gasteiger partial charge in [0.05, 0.1) is 18.5 Å². The Labute approximate surface area is 121 Å². The molecule has 0 amide bonds. The number of carbonyl (C=O) groups is 1. The molecule has 0 rings (SSSR count). The van der Waals surface area contributed by atoms with Crippen LogP contribution in [-0.2, 0) is 4.79 Å². The number of ketones is 1. The molecule has 0 radical (unpaired) electrons. The fraction of sp³-hybridized carbons (Fsp3) is 0.933. The zero-order chi connectivity index (χ0) is 13.1. The molecule has 0 aliphatic heterocycles. The Morgan fingerprint density at radius 1 is 0.833 bits per heavy atom. The minimum Gasteiger partial charge on any atom is -1.00 e. The van der Waals surface area contributed by atoms with E-state index in [1.165, 1.54) is 57.0 Å². The summed E-state index contributed by atoms with van der Waals surface area (Å²) in [5.41, 5.74) is 0. The zero-order valence-electron chi connectivity index (χ0n) is 12.8. The van der Waals surface area contributed by atoms with Gasteiger partial charge in [-0.15, -0.1) is 0 Å². The number of unbranched alkanes of at least 4 members (excludes halogenated alkanes) is 3. The van der Waals surface area contributed by atoms with E-state index in [0.717, 1.165) is 6.16 Å². The highest BCUT2D eigenvalue weighted by Gasteiger charge is 2.36. The lowest BCUT2D eigenvalue weighted by molar-refractivity contribution is -0.114. The van der Waals surface area contributed by atoms with Gasteiger partial charge in [0.2, 0.25) is 0 Å². The molecule has 0 fully saturated rings. The van der Waals surface area contributed by atoms with E-state index < -0.39 is 7.26 Å². The molecule has 3 heteroatoms. The molecular formula is C15H32ClOP. The average molecular weight is 295 g/mol. The summed E-state index contributed by atoms with van der Waals surface area (Å²) in [7, 11) is -0.951. The molecule has 0 unspecified atom stereocenters. The summed E-state index contributed by atoms with van der Waals surface area (Å²) < 4.78 is 0. The standard InChI is InChI=1S/C15H32OP.ClH/c1-5-8-11-17(12-9-6-2,13-10-7-3)14-15(4)16;/h5-14H2,1-4H3;1H/q+1;/p-1. The zero-order valence-corrected chi connectivity index (χ0v) is 14.5. The van der Waals surface area contributed by atoms with Crippen LogP contribution in [0.25, 0.3) is 0 Å². The van der Waals surface area contributed by atoms with E-state index in [-0.39, 0.29) is 12.4 Å². The minimum absolute atomic E-state index is 0. The highest BCUT2D eigenvalue weighted by molar-refractivity contribution is 7.76. The maximum Gasteiger partial charge on any atom is 0.166 e. The predicted molar refractivity (Wildman–Crippen MR) is 81.8 cm³/mol. The van der Waals surface area contributed by atoms with Crippen LogP contribution in [0.2, 0.25) is 0 Å². The summed E-state index contributed by atoms with van der Waals surface area (Å²) in [5.74, 6) is 0.432. The summed E-state index contributed by atoms with van der Waals surface area (Å²) in [6.45, 7) is 8.59. The van der Waals surface area contributed by atoms with Crippen LogP contribution in [0.5, 0.6) is 0 Å². The maximum atomic E-state index is 11.6. The molecule has 0 spiro atoms. The fourth-order valence-electron chi connectivity index (χ4n) is 2.53. The van der Waals surface area contributed by atoms with Crippen LogP contribution in [0.1, 0.15) is 66.2 Å². The van der Waals surface area contributed by atoms with E-state index in [2.05, 4.69) is 20.8 Å². The lowest BCUT2D eigenvalue weighted by Gasteiger charge is -2.26.